The Labute approximate surface area is 169 Å². The lowest BCUT2D eigenvalue weighted by atomic mass is 10.2. The number of para-hydroxylation sites is 2. The molecular formula is C21H15BrF2N2S. The topological polar surface area (TPSA) is 17.3 Å². The molecule has 0 bridgehead atoms. The average molecular weight is 445 g/mol. The van der Waals surface area contributed by atoms with Crippen molar-refractivity contribution in [3.63, 3.8) is 0 Å². The minimum atomic E-state index is -0.858. The van der Waals surface area contributed by atoms with Gasteiger partial charge in [-0.3, -0.25) is 4.57 Å². The SMILES string of the molecule is Br.Fc1ccc(-c2cn(-c3ccccc3)c(=Nc3ccccc3)s2)cc1F. The summed E-state index contributed by atoms with van der Waals surface area (Å²) >= 11 is 1.42. The lowest BCUT2D eigenvalue weighted by Gasteiger charge is -2.02. The van der Waals surface area contributed by atoms with Gasteiger partial charge in [0.05, 0.1) is 10.6 Å². The van der Waals surface area contributed by atoms with E-state index in [1.54, 1.807) is 6.07 Å². The summed E-state index contributed by atoms with van der Waals surface area (Å²) in [4.78, 5) is 6.28. The largest absolute Gasteiger partial charge is 0.292 e. The Balaban J connectivity index is 0.00000210. The standard InChI is InChI=1S/C21H14F2N2S.BrH/c22-18-12-11-15(13-19(18)23)20-14-25(17-9-5-2-6-10-17)21(26-20)24-16-7-3-1-4-8-16;/h1-14H;1H. The van der Waals surface area contributed by atoms with Crippen molar-refractivity contribution in [3.8, 4) is 16.1 Å². The fourth-order valence-corrected chi connectivity index (χ4v) is 3.60. The zero-order valence-electron chi connectivity index (χ0n) is 14.0. The summed E-state index contributed by atoms with van der Waals surface area (Å²) in [6.45, 7) is 0. The average Bonchev–Trinajstić information content (AvgIpc) is 3.09. The molecule has 0 unspecified atom stereocenters. The van der Waals surface area contributed by atoms with Crippen LogP contribution in [0.5, 0.6) is 0 Å². The Morgan fingerprint density at radius 2 is 1.44 bits per heavy atom. The van der Waals surface area contributed by atoms with Crippen LogP contribution in [0.25, 0.3) is 16.1 Å². The van der Waals surface area contributed by atoms with Crippen LogP contribution in [-0.4, -0.2) is 4.57 Å². The second-order valence-corrected chi connectivity index (χ2v) is 6.67. The van der Waals surface area contributed by atoms with Crippen LogP contribution in [0.2, 0.25) is 0 Å². The van der Waals surface area contributed by atoms with Crippen molar-refractivity contribution >= 4 is 34.0 Å². The van der Waals surface area contributed by atoms with Gasteiger partial charge in [0.25, 0.3) is 0 Å². The molecule has 0 aliphatic rings. The molecule has 0 saturated carbocycles. The Kier molecular flexibility index (Phi) is 5.98. The fraction of sp³-hybridized carbons (Fsp3) is 0. The second kappa shape index (κ2) is 8.41. The van der Waals surface area contributed by atoms with E-state index in [-0.39, 0.29) is 17.0 Å². The van der Waals surface area contributed by atoms with Crippen molar-refractivity contribution in [3.05, 3.63) is 101 Å². The third-order valence-corrected chi connectivity index (χ3v) is 4.90. The van der Waals surface area contributed by atoms with Crippen LogP contribution in [0.4, 0.5) is 14.5 Å². The lowest BCUT2D eigenvalue weighted by molar-refractivity contribution is 0.509. The highest BCUT2D eigenvalue weighted by molar-refractivity contribution is 8.93. The van der Waals surface area contributed by atoms with E-state index in [0.29, 0.717) is 5.56 Å². The summed E-state index contributed by atoms with van der Waals surface area (Å²) in [5.74, 6) is -1.71. The van der Waals surface area contributed by atoms with E-state index < -0.39 is 11.6 Å². The second-order valence-electron chi connectivity index (χ2n) is 5.66. The van der Waals surface area contributed by atoms with Crippen LogP contribution in [0.1, 0.15) is 0 Å². The summed E-state index contributed by atoms with van der Waals surface area (Å²) in [6.07, 6.45) is 1.90. The van der Waals surface area contributed by atoms with Crippen LogP contribution < -0.4 is 4.80 Å². The summed E-state index contributed by atoms with van der Waals surface area (Å²) in [5, 5.41) is 0. The van der Waals surface area contributed by atoms with Crippen LogP contribution in [-0.2, 0) is 0 Å². The Morgan fingerprint density at radius 3 is 2.11 bits per heavy atom. The number of rotatable bonds is 3. The van der Waals surface area contributed by atoms with E-state index in [1.165, 1.54) is 17.4 Å². The van der Waals surface area contributed by atoms with Crippen molar-refractivity contribution in [2.75, 3.05) is 0 Å². The van der Waals surface area contributed by atoms with Gasteiger partial charge in [0.15, 0.2) is 16.4 Å². The molecule has 1 heterocycles. The van der Waals surface area contributed by atoms with Gasteiger partial charge in [0.1, 0.15) is 0 Å². The van der Waals surface area contributed by atoms with Gasteiger partial charge < -0.3 is 0 Å². The minimum Gasteiger partial charge on any atom is -0.292 e. The van der Waals surface area contributed by atoms with E-state index in [4.69, 9.17) is 4.99 Å². The molecule has 0 radical (unpaired) electrons. The predicted molar refractivity (Wildman–Crippen MR) is 111 cm³/mol. The summed E-state index contributed by atoms with van der Waals surface area (Å²) in [6, 6.07) is 23.4. The summed E-state index contributed by atoms with van der Waals surface area (Å²) in [5.41, 5.74) is 2.40. The fourth-order valence-electron chi connectivity index (χ4n) is 2.59. The third kappa shape index (κ3) is 4.23. The first-order chi connectivity index (χ1) is 12.7. The zero-order valence-corrected chi connectivity index (χ0v) is 16.6. The van der Waals surface area contributed by atoms with Gasteiger partial charge in [0.2, 0.25) is 0 Å². The number of benzene rings is 3. The molecule has 0 fully saturated rings. The van der Waals surface area contributed by atoms with Crippen LogP contribution in [0, 0.1) is 11.6 Å². The number of thiazole rings is 1. The molecule has 0 aliphatic heterocycles. The lowest BCUT2D eigenvalue weighted by Crippen LogP contribution is -2.10. The molecule has 0 aliphatic carbocycles. The van der Waals surface area contributed by atoms with E-state index >= 15 is 0 Å². The Hall–Kier alpha value is -2.57. The molecule has 0 atom stereocenters. The van der Waals surface area contributed by atoms with Gasteiger partial charge in [-0.25, -0.2) is 13.8 Å². The molecule has 0 saturated heterocycles. The van der Waals surface area contributed by atoms with E-state index in [1.807, 2.05) is 71.4 Å². The van der Waals surface area contributed by atoms with Gasteiger partial charge in [0, 0.05) is 11.9 Å². The van der Waals surface area contributed by atoms with E-state index in [9.17, 15) is 8.78 Å². The Bertz CT molecular complexity index is 1110. The minimum absolute atomic E-state index is 0. The quantitative estimate of drug-likeness (QED) is 0.353. The maximum atomic E-state index is 13.6. The maximum absolute atomic E-state index is 13.6. The summed E-state index contributed by atoms with van der Waals surface area (Å²) < 4.78 is 28.9. The first-order valence-electron chi connectivity index (χ1n) is 8.04. The highest BCUT2D eigenvalue weighted by Crippen LogP contribution is 2.25. The molecule has 4 rings (SSSR count). The number of aromatic nitrogens is 1. The summed E-state index contributed by atoms with van der Waals surface area (Å²) in [7, 11) is 0. The molecule has 6 heteroatoms. The molecular weight excluding hydrogens is 430 g/mol. The van der Waals surface area contributed by atoms with Crippen molar-refractivity contribution in [1.29, 1.82) is 0 Å². The van der Waals surface area contributed by atoms with Gasteiger partial charge in [-0.15, -0.1) is 17.0 Å². The Morgan fingerprint density at radius 1 is 0.778 bits per heavy atom. The van der Waals surface area contributed by atoms with Gasteiger partial charge in [-0.1, -0.05) is 53.8 Å². The van der Waals surface area contributed by atoms with Crippen molar-refractivity contribution in [1.82, 2.24) is 4.57 Å². The first-order valence-corrected chi connectivity index (χ1v) is 8.85. The van der Waals surface area contributed by atoms with Crippen LogP contribution >= 0.6 is 28.3 Å². The molecule has 27 heavy (non-hydrogen) atoms. The monoisotopic (exact) mass is 444 g/mol. The molecule has 4 aromatic rings. The molecule has 0 amide bonds. The van der Waals surface area contributed by atoms with Gasteiger partial charge in [-0.05, 0) is 42.0 Å². The third-order valence-electron chi connectivity index (χ3n) is 3.87. The van der Waals surface area contributed by atoms with Crippen LogP contribution in [0.15, 0.2) is 90.1 Å². The number of halogens is 3. The number of hydrogen-bond acceptors (Lipinski definition) is 2. The smallest absolute Gasteiger partial charge is 0.195 e. The molecule has 3 aromatic carbocycles. The van der Waals surface area contributed by atoms with Crippen molar-refractivity contribution < 1.29 is 8.78 Å². The maximum Gasteiger partial charge on any atom is 0.195 e. The van der Waals surface area contributed by atoms with E-state index in [2.05, 4.69) is 0 Å². The normalized spacial score (nSPS) is 11.3. The number of hydrogen-bond donors (Lipinski definition) is 0. The van der Waals surface area contributed by atoms with Crippen molar-refractivity contribution in [2.45, 2.75) is 0 Å². The molecule has 0 N–H and O–H groups in total. The van der Waals surface area contributed by atoms with Gasteiger partial charge in [-0.2, -0.15) is 0 Å². The highest BCUT2D eigenvalue weighted by atomic mass is 79.9. The first kappa shape index (κ1) is 19.2. The van der Waals surface area contributed by atoms with Crippen LogP contribution in [0.3, 0.4) is 0 Å². The zero-order chi connectivity index (χ0) is 17.9. The molecule has 1 aromatic heterocycles. The van der Waals surface area contributed by atoms with Crippen molar-refractivity contribution in [2.24, 2.45) is 4.99 Å². The molecule has 136 valence electrons. The predicted octanol–water partition coefficient (Wildman–Crippen LogP) is 6.29. The molecule has 0 spiro atoms. The highest BCUT2D eigenvalue weighted by Gasteiger charge is 2.10. The number of nitrogens with zero attached hydrogens (tertiary/aromatic N) is 2. The van der Waals surface area contributed by atoms with E-state index in [0.717, 1.165) is 27.1 Å². The van der Waals surface area contributed by atoms with Gasteiger partial charge >= 0.3 is 0 Å². The molecule has 2 nitrogen and oxygen atoms in total.